The zero-order valence-electron chi connectivity index (χ0n) is 10.8. The minimum absolute atomic E-state index is 0.0617. The van der Waals surface area contributed by atoms with Crippen molar-refractivity contribution in [1.29, 1.82) is 0 Å². The number of rotatable bonds is 3. The van der Waals surface area contributed by atoms with Gasteiger partial charge in [0.2, 0.25) is 5.91 Å². The first-order valence-corrected chi connectivity index (χ1v) is 6.03. The highest BCUT2D eigenvalue weighted by atomic mass is 16.5. The van der Waals surface area contributed by atoms with Crippen molar-refractivity contribution in [3.8, 4) is 0 Å². The van der Waals surface area contributed by atoms with Gasteiger partial charge in [0, 0.05) is 18.2 Å². The first kappa shape index (κ1) is 13.5. The highest BCUT2D eigenvalue weighted by molar-refractivity contribution is 5.78. The number of hydrogen-bond acceptors (Lipinski definition) is 3. The summed E-state index contributed by atoms with van der Waals surface area (Å²) >= 11 is 0. The third kappa shape index (κ3) is 5.47. The van der Waals surface area contributed by atoms with Gasteiger partial charge in [0.15, 0.2) is 0 Å². The van der Waals surface area contributed by atoms with Crippen LogP contribution in [-0.4, -0.2) is 36.7 Å². The predicted molar refractivity (Wildman–Crippen MR) is 64.3 cm³/mol. The molecule has 16 heavy (non-hydrogen) atoms. The Morgan fingerprint density at radius 1 is 1.44 bits per heavy atom. The lowest BCUT2D eigenvalue weighted by Gasteiger charge is -2.28. The fourth-order valence-corrected chi connectivity index (χ4v) is 1.88. The van der Waals surface area contributed by atoms with E-state index in [2.05, 4.69) is 17.6 Å². The summed E-state index contributed by atoms with van der Waals surface area (Å²) in [5.74, 6) is 0.0617. The Kier molecular flexibility index (Phi) is 4.74. The van der Waals surface area contributed by atoms with Crippen molar-refractivity contribution in [2.75, 3.05) is 13.2 Å². The summed E-state index contributed by atoms with van der Waals surface area (Å²) in [6.45, 7) is 9.22. The van der Waals surface area contributed by atoms with E-state index in [-0.39, 0.29) is 11.4 Å². The third-order valence-electron chi connectivity index (χ3n) is 2.55. The molecular formula is C12H24N2O2. The molecule has 0 aromatic rings. The van der Waals surface area contributed by atoms with Crippen molar-refractivity contribution >= 4 is 5.91 Å². The van der Waals surface area contributed by atoms with E-state index in [0.717, 1.165) is 19.4 Å². The molecule has 0 saturated carbocycles. The summed E-state index contributed by atoms with van der Waals surface area (Å²) in [6, 6.07) is 0.412. The Morgan fingerprint density at radius 3 is 2.69 bits per heavy atom. The highest BCUT2D eigenvalue weighted by Gasteiger charge is 2.20. The second kappa shape index (κ2) is 5.64. The van der Waals surface area contributed by atoms with E-state index in [1.54, 1.807) is 0 Å². The fraction of sp³-hybridized carbons (Fsp3) is 0.917. The van der Waals surface area contributed by atoms with Crippen molar-refractivity contribution in [1.82, 2.24) is 10.6 Å². The van der Waals surface area contributed by atoms with Crippen molar-refractivity contribution in [2.45, 2.75) is 58.2 Å². The van der Waals surface area contributed by atoms with E-state index in [1.165, 1.54) is 0 Å². The fourth-order valence-electron chi connectivity index (χ4n) is 1.88. The van der Waals surface area contributed by atoms with Crippen LogP contribution in [0, 0.1) is 0 Å². The molecule has 2 N–H and O–H groups in total. The SMILES string of the molecule is CC1CC(NCC(=O)NC(C)(C)C)CCO1. The second-order valence-corrected chi connectivity index (χ2v) is 5.58. The van der Waals surface area contributed by atoms with E-state index in [0.29, 0.717) is 18.7 Å². The van der Waals surface area contributed by atoms with Gasteiger partial charge < -0.3 is 15.4 Å². The summed E-state index contributed by atoms with van der Waals surface area (Å²) < 4.78 is 5.45. The number of nitrogens with one attached hydrogen (secondary N) is 2. The van der Waals surface area contributed by atoms with Crippen LogP contribution in [0.5, 0.6) is 0 Å². The maximum Gasteiger partial charge on any atom is 0.234 e. The molecule has 1 rings (SSSR count). The van der Waals surface area contributed by atoms with Gasteiger partial charge in [-0.3, -0.25) is 4.79 Å². The Bertz CT molecular complexity index is 236. The average Bonchev–Trinajstić information content (AvgIpc) is 2.12. The van der Waals surface area contributed by atoms with Gasteiger partial charge >= 0.3 is 0 Å². The quantitative estimate of drug-likeness (QED) is 0.759. The molecule has 2 unspecified atom stereocenters. The molecule has 4 heteroatoms. The van der Waals surface area contributed by atoms with Crippen molar-refractivity contribution in [3.05, 3.63) is 0 Å². The first-order chi connectivity index (χ1) is 7.37. The average molecular weight is 228 g/mol. The van der Waals surface area contributed by atoms with E-state index in [9.17, 15) is 4.79 Å². The van der Waals surface area contributed by atoms with Gasteiger partial charge in [-0.2, -0.15) is 0 Å². The van der Waals surface area contributed by atoms with Crippen LogP contribution in [0.4, 0.5) is 0 Å². The third-order valence-corrected chi connectivity index (χ3v) is 2.55. The van der Waals surface area contributed by atoms with Crippen LogP contribution in [-0.2, 0) is 9.53 Å². The van der Waals surface area contributed by atoms with Crippen molar-refractivity contribution in [2.24, 2.45) is 0 Å². The van der Waals surface area contributed by atoms with Crippen molar-refractivity contribution < 1.29 is 9.53 Å². The molecule has 0 radical (unpaired) electrons. The Labute approximate surface area is 98.1 Å². The summed E-state index contributed by atoms with van der Waals surface area (Å²) in [6.07, 6.45) is 2.28. The Hall–Kier alpha value is -0.610. The van der Waals surface area contributed by atoms with E-state index in [4.69, 9.17) is 4.74 Å². The molecule has 0 bridgehead atoms. The van der Waals surface area contributed by atoms with Crippen molar-refractivity contribution in [3.63, 3.8) is 0 Å². The zero-order chi connectivity index (χ0) is 12.2. The van der Waals surface area contributed by atoms with E-state index in [1.807, 2.05) is 20.8 Å². The van der Waals surface area contributed by atoms with E-state index >= 15 is 0 Å². The Morgan fingerprint density at radius 2 is 2.12 bits per heavy atom. The number of ether oxygens (including phenoxy) is 1. The Balaban J connectivity index is 2.21. The highest BCUT2D eigenvalue weighted by Crippen LogP contribution is 2.12. The molecule has 1 amide bonds. The minimum atomic E-state index is -0.151. The lowest BCUT2D eigenvalue weighted by atomic mass is 10.0. The molecule has 1 aliphatic heterocycles. The number of hydrogen-bond donors (Lipinski definition) is 2. The smallest absolute Gasteiger partial charge is 0.234 e. The molecule has 0 aromatic carbocycles. The standard InChI is InChI=1S/C12H24N2O2/c1-9-7-10(5-6-16-9)13-8-11(15)14-12(2,3)4/h9-10,13H,5-8H2,1-4H3,(H,14,15). The summed E-state index contributed by atoms with van der Waals surface area (Å²) in [5.41, 5.74) is -0.151. The molecule has 1 fully saturated rings. The van der Waals surface area contributed by atoms with E-state index < -0.39 is 0 Å². The van der Waals surface area contributed by atoms with Crippen LogP contribution in [0.2, 0.25) is 0 Å². The van der Waals surface area contributed by atoms with Gasteiger partial charge in [-0.1, -0.05) is 0 Å². The first-order valence-electron chi connectivity index (χ1n) is 6.03. The van der Waals surface area contributed by atoms with Crippen LogP contribution < -0.4 is 10.6 Å². The second-order valence-electron chi connectivity index (χ2n) is 5.58. The van der Waals surface area contributed by atoms with Gasteiger partial charge in [0.05, 0.1) is 12.6 Å². The van der Waals surface area contributed by atoms with Gasteiger partial charge in [-0.25, -0.2) is 0 Å². The lowest BCUT2D eigenvalue weighted by Crippen LogP contribution is -2.48. The van der Waals surface area contributed by atoms with Gasteiger partial charge in [0.1, 0.15) is 0 Å². The summed E-state index contributed by atoms with van der Waals surface area (Å²) in [7, 11) is 0. The molecule has 2 atom stereocenters. The topological polar surface area (TPSA) is 50.4 Å². The lowest BCUT2D eigenvalue weighted by molar-refractivity contribution is -0.122. The van der Waals surface area contributed by atoms with Crippen LogP contribution in [0.3, 0.4) is 0 Å². The molecule has 1 aliphatic rings. The van der Waals surface area contributed by atoms with Gasteiger partial charge in [0.25, 0.3) is 0 Å². The molecule has 0 aliphatic carbocycles. The molecule has 1 heterocycles. The molecule has 94 valence electrons. The van der Waals surface area contributed by atoms with Crippen LogP contribution in [0.15, 0.2) is 0 Å². The largest absolute Gasteiger partial charge is 0.378 e. The summed E-state index contributed by atoms with van der Waals surface area (Å²) in [5, 5.41) is 6.22. The van der Waals surface area contributed by atoms with Crippen LogP contribution in [0.1, 0.15) is 40.5 Å². The molecule has 0 aromatic heterocycles. The van der Waals surface area contributed by atoms with Gasteiger partial charge in [-0.05, 0) is 40.5 Å². The zero-order valence-corrected chi connectivity index (χ0v) is 10.8. The maximum atomic E-state index is 11.6. The molecular weight excluding hydrogens is 204 g/mol. The summed E-state index contributed by atoms with van der Waals surface area (Å²) in [4.78, 5) is 11.6. The number of amides is 1. The van der Waals surface area contributed by atoms with Gasteiger partial charge in [-0.15, -0.1) is 0 Å². The molecule has 4 nitrogen and oxygen atoms in total. The molecule has 0 spiro atoms. The normalized spacial score (nSPS) is 26.5. The maximum absolute atomic E-state index is 11.6. The van der Waals surface area contributed by atoms with Crippen LogP contribution >= 0.6 is 0 Å². The monoisotopic (exact) mass is 228 g/mol. The minimum Gasteiger partial charge on any atom is -0.378 e. The predicted octanol–water partition coefficient (Wildman–Crippen LogP) is 1.06. The number of carbonyl (C=O) groups excluding carboxylic acids is 1. The van der Waals surface area contributed by atoms with Crippen LogP contribution in [0.25, 0.3) is 0 Å². The molecule has 1 saturated heterocycles. The number of carbonyl (C=O) groups is 1.